The van der Waals surface area contributed by atoms with E-state index in [4.69, 9.17) is 20.4 Å². The number of rotatable bonds is 21. The summed E-state index contributed by atoms with van der Waals surface area (Å²) in [5.41, 5.74) is 0. The summed E-state index contributed by atoms with van der Waals surface area (Å²) >= 11 is 0. The lowest BCUT2D eigenvalue weighted by atomic mass is 10.1. The van der Waals surface area contributed by atoms with Gasteiger partial charge in [0, 0.05) is 26.1 Å². The van der Waals surface area contributed by atoms with Crippen LogP contribution >= 0.6 is 0 Å². The second-order valence-electron chi connectivity index (χ2n) is 9.49. The van der Waals surface area contributed by atoms with Crippen LogP contribution < -0.4 is 0 Å². The molecule has 0 amide bonds. The Bertz CT molecular complexity index is 414. The van der Waals surface area contributed by atoms with Crippen LogP contribution in [0.5, 0.6) is 0 Å². The summed E-state index contributed by atoms with van der Waals surface area (Å²) in [6, 6.07) is 0. The summed E-state index contributed by atoms with van der Waals surface area (Å²) in [4.78, 5) is 12.2. The molecular weight excluding hydrogens is 418 g/mol. The number of aliphatic hydroxyl groups is 3. The van der Waals surface area contributed by atoms with E-state index in [1.807, 2.05) is 4.90 Å². The van der Waals surface area contributed by atoms with Gasteiger partial charge in [0.2, 0.25) is 0 Å². The van der Waals surface area contributed by atoms with Gasteiger partial charge in [-0.3, -0.25) is 9.69 Å². The summed E-state index contributed by atoms with van der Waals surface area (Å²) in [6.07, 6.45) is 19.9. The average Bonchev–Trinajstić information content (AvgIpc) is 2.69. The summed E-state index contributed by atoms with van der Waals surface area (Å²) in [7, 11) is 0. The van der Waals surface area contributed by atoms with Crippen molar-refractivity contribution in [3.05, 3.63) is 12.2 Å². The Hall–Kier alpha value is -0.950. The van der Waals surface area contributed by atoms with Crippen LogP contribution in [0.15, 0.2) is 12.2 Å². The zero-order chi connectivity index (χ0) is 25.3. The van der Waals surface area contributed by atoms with Crippen molar-refractivity contribution in [2.24, 2.45) is 0 Å². The minimum Gasteiger partial charge on any atom is -0.481 e. The lowest BCUT2D eigenvalue weighted by Crippen LogP contribution is -2.40. The van der Waals surface area contributed by atoms with Crippen LogP contribution in [0, 0.1) is 0 Å². The van der Waals surface area contributed by atoms with Crippen molar-refractivity contribution in [3.63, 3.8) is 0 Å². The minimum atomic E-state index is -0.664. The van der Waals surface area contributed by atoms with Crippen molar-refractivity contribution in [2.75, 3.05) is 19.6 Å². The largest absolute Gasteiger partial charge is 0.481 e. The molecule has 3 atom stereocenters. The van der Waals surface area contributed by atoms with Gasteiger partial charge >= 0.3 is 5.97 Å². The van der Waals surface area contributed by atoms with E-state index in [1.54, 1.807) is 20.8 Å². The van der Waals surface area contributed by atoms with Crippen molar-refractivity contribution in [3.8, 4) is 0 Å². The number of unbranched alkanes of at least 4 members (excludes halogenated alkanes) is 11. The van der Waals surface area contributed by atoms with Crippen LogP contribution in [0.25, 0.3) is 0 Å². The molecule has 0 aliphatic carbocycles. The van der Waals surface area contributed by atoms with Crippen LogP contribution in [0.1, 0.15) is 118 Å². The van der Waals surface area contributed by atoms with E-state index >= 15 is 0 Å². The zero-order valence-corrected chi connectivity index (χ0v) is 22.1. The first-order valence-corrected chi connectivity index (χ1v) is 13.3. The van der Waals surface area contributed by atoms with Crippen molar-refractivity contribution < 1.29 is 25.2 Å². The zero-order valence-electron chi connectivity index (χ0n) is 22.1. The van der Waals surface area contributed by atoms with Gasteiger partial charge in [-0.25, -0.2) is 0 Å². The quantitative estimate of drug-likeness (QED) is 0.129. The first-order valence-electron chi connectivity index (χ1n) is 13.3. The molecule has 4 N–H and O–H groups in total. The molecule has 0 saturated heterocycles. The SMILES string of the molecule is CC(O)CN(CC(C)O)CC(C)O.CCCCCCCC/C=C\CCCCCCCC(=O)O. The summed E-state index contributed by atoms with van der Waals surface area (Å²) in [6.45, 7) is 8.78. The van der Waals surface area contributed by atoms with Gasteiger partial charge < -0.3 is 20.4 Å². The van der Waals surface area contributed by atoms with E-state index < -0.39 is 24.3 Å². The standard InChI is InChI=1S/C18H34O2.C9H21NO3/c1-2-3-4-5-6-7-8-9-10-11-12-13-14-15-16-17-18(19)20;1-7(11)4-10(5-8(2)12)6-9(3)13/h9-10H,2-8,11-17H2,1H3,(H,19,20);7-9,11-13H,4-6H2,1-3H3/b10-9-;. The van der Waals surface area contributed by atoms with Crippen molar-refractivity contribution >= 4 is 5.97 Å². The molecule has 0 aliphatic rings. The molecule has 0 aromatic carbocycles. The minimum absolute atomic E-state index is 0.332. The molecule has 0 aliphatic heterocycles. The van der Waals surface area contributed by atoms with Crippen LogP contribution in [0.4, 0.5) is 0 Å². The highest BCUT2D eigenvalue weighted by Gasteiger charge is 2.12. The molecule has 0 heterocycles. The van der Waals surface area contributed by atoms with Gasteiger partial charge in [-0.1, -0.05) is 70.4 Å². The molecule has 6 heteroatoms. The summed E-state index contributed by atoms with van der Waals surface area (Å²) in [5.74, 6) is -0.664. The van der Waals surface area contributed by atoms with E-state index in [-0.39, 0.29) is 0 Å². The highest BCUT2D eigenvalue weighted by Crippen LogP contribution is 2.09. The Labute approximate surface area is 204 Å². The van der Waals surface area contributed by atoms with Crippen LogP contribution in [-0.2, 0) is 4.79 Å². The Morgan fingerprint density at radius 1 is 0.667 bits per heavy atom. The van der Waals surface area contributed by atoms with E-state index in [0.29, 0.717) is 26.1 Å². The number of aliphatic hydroxyl groups excluding tert-OH is 3. The number of carbonyl (C=O) groups is 1. The number of hydrogen-bond acceptors (Lipinski definition) is 5. The highest BCUT2D eigenvalue weighted by molar-refractivity contribution is 5.66. The van der Waals surface area contributed by atoms with Crippen LogP contribution in [-0.4, -0.2) is 69.2 Å². The van der Waals surface area contributed by atoms with Crippen LogP contribution in [0.2, 0.25) is 0 Å². The fourth-order valence-electron chi connectivity index (χ4n) is 3.69. The van der Waals surface area contributed by atoms with E-state index in [2.05, 4.69) is 19.1 Å². The molecule has 0 fully saturated rings. The molecule has 0 bridgehead atoms. The molecule has 33 heavy (non-hydrogen) atoms. The number of nitrogens with zero attached hydrogens (tertiary/aromatic N) is 1. The monoisotopic (exact) mass is 473 g/mol. The number of allylic oxidation sites excluding steroid dienone is 2. The van der Waals surface area contributed by atoms with Gasteiger partial charge in [0.25, 0.3) is 0 Å². The van der Waals surface area contributed by atoms with E-state index in [1.165, 1.54) is 70.6 Å². The smallest absolute Gasteiger partial charge is 0.303 e. The molecular formula is C27H55NO5. The van der Waals surface area contributed by atoms with Crippen molar-refractivity contribution in [2.45, 2.75) is 136 Å². The summed E-state index contributed by atoms with van der Waals surface area (Å²) in [5, 5.41) is 35.9. The fraction of sp³-hybridized carbons (Fsp3) is 0.889. The predicted octanol–water partition coefficient (Wildman–Crippen LogP) is 5.54. The molecule has 0 rings (SSSR count). The maximum atomic E-state index is 10.3. The maximum absolute atomic E-state index is 10.3. The van der Waals surface area contributed by atoms with Crippen molar-refractivity contribution in [1.29, 1.82) is 0 Å². The molecule has 0 spiro atoms. The Kier molecular flexibility index (Phi) is 26.6. The lowest BCUT2D eigenvalue weighted by Gasteiger charge is -2.25. The van der Waals surface area contributed by atoms with Gasteiger partial charge in [-0.05, 0) is 52.9 Å². The average molecular weight is 474 g/mol. The summed E-state index contributed by atoms with van der Waals surface area (Å²) < 4.78 is 0. The fourth-order valence-corrected chi connectivity index (χ4v) is 3.69. The molecule has 0 aromatic rings. The number of hydrogen-bond donors (Lipinski definition) is 4. The molecule has 0 radical (unpaired) electrons. The predicted molar refractivity (Wildman–Crippen MR) is 139 cm³/mol. The lowest BCUT2D eigenvalue weighted by molar-refractivity contribution is -0.137. The third-order valence-corrected chi connectivity index (χ3v) is 5.22. The molecule has 0 aromatic heterocycles. The number of carboxylic acid groups (broad SMARTS) is 1. The first-order chi connectivity index (χ1) is 15.7. The Morgan fingerprint density at radius 2 is 1.03 bits per heavy atom. The molecule has 6 nitrogen and oxygen atoms in total. The highest BCUT2D eigenvalue weighted by atomic mass is 16.4. The Balaban J connectivity index is 0. The molecule has 198 valence electrons. The van der Waals surface area contributed by atoms with E-state index in [9.17, 15) is 4.79 Å². The van der Waals surface area contributed by atoms with Gasteiger partial charge in [0.15, 0.2) is 0 Å². The number of carboxylic acids is 1. The molecule has 3 unspecified atom stereocenters. The van der Waals surface area contributed by atoms with Gasteiger partial charge in [0.1, 0.15) is 0 Å². The third kappa shape index (κ3) is 33.3. The maximum Gasteiger partial charge on any atom is 0.303 e. The Morgan fingerprint density at radius 3 is 1.39 bits per heavy atom. The number of aliphatic carboxylic acids is 1. The second-order valence-corrected chi connectivity index (χ2v) is 9.49. The van der Waals surface area contributed by atoms with Crippen LogP contribution in [0.3, 0.4) is 0 Å². The van der Waals surface area contributed by atoms with E-state index in [0.717, 1.165) is 12.8 Å². The molecule has 0 saturated carbocycles. The van der Waals surface area contributed by atoms with Crippen molar-refractivity contribution in [1.82, 2.24) is 4.90 Å². The van der Waals surface area contributed by atoms with Gasteiger partial charge in [-0.15, -0.1) is 0 Å². The van der Waals surface area contributed by atoms with Gasteiger partial charge in [0.05, 0.1) is 18.3 Å². The third-order valence-electron chi connectivity index (χ3n) is 5.22. The topological polar surface area (TPSA) is 101 Å². The normalized spacial score (nSPS) is 14.2. The first kappa shape index (κ1) is 34.2. The second kappa shape index (κ2) is 25.7. The van der Waals surface area contributed by atoms with Gasteiger partial charge in [-0.2, -0.15) is 0 Å².